The standard InChI is InChI=1S/C12H19BrN2O/c1-12(2,3)15-11-9(5-4-8-16)6-7-10(13)14-11/h6-7,16H,4-5,8H2,1-3H3,(H,14,15). The van der Waals surface area contributed by atoms with E-state index in [0.717, 1.165) is 28.8 Å². The molecule has 0 radical (unpaired) electrons. The molecule has 3 nitrogen and oxygen atoms in total. The van der Waals surface area contributed by atoms with Gasteiger partial charge in [-0.2, -0.15) is 0 Å². The second-order valence-corrected chi connectivity index (χ2v) is 5.66. The molecule has 0 atom stereocenters. The molecule has 0 amide bonds. The number of hydrogen-bond donors (Lipinski definition) is 2. The maximum Gasteiger partial charge on any atom is 0.130 e. The van der Waals surface area contributed by atoms with Crippen LogP contribution in [0.5, 0.6) is 0 Å². The number of aryl methyl sites for hydroxylation is 1. The Balaban J connectivity index is 2.89. The molecule has 0 aliphatic heterocycles. The molecule has 1 heterocycles. The zero-order valence-electron chi connectivity index (χ0n) is 10.0. The third-order valence-corrected chi connectivity index (χ3v) is 2.48. The first-order chi connectivity index (χ1) is 7.42. The molecule has 0 aliphatic carbocycles. The number of nitrogens with one attached hydrogen (secondary N) is 1. The fraction of sp³-hybridized carbons (Fsp3) is 0.583. The molecule has 0 unspecified atom stereocenters. The van der Waals surface area contributed by atoms with E-state index in [1.165, 1.54) is 0 Å². The molecule has 0 spiro atoms. The topological polar surface area (TPSA) is 45.2 Å². The molecule has 1 aromatic rings. The van der Waals surface area contributed by atoms with E-state index in [2.05, 4.69) is 47.0 Å². The molecule has 16 heavy (non-hydrogen) atoms. The van der Waals surface area contributed by atoms with Gasteiger partial charge in [-0.15, -0.1) is 0 Å². The Morgan fingerprint density at radius 2 is 2.06 bits per heavy atom. The van der Waals surface area contributed by atoms with Gasteiger partial charge < -0.3 is 10.4 Å². The molecule has 4 heteroatoms. The summed E-state index contributed by atoms with van der Waals surface area (Å²) in [5.41, 5.74) is 1.13. The van der Waals surface area contributed by atoms with Gasteiger partial charge in [-0.3, -0.25) is 0 Å². The summed E-state index contributed by atoms with van der Waals surface area (Å²) >= 11 is 3.37. The number of halogens is 1. The number of aromatic nitrogens is 1. The predicted molar refractivity (Wildman–Crippen MR) is 70.7 cm³/mol. The summed E-state index contributed by atoms with van der Waals surface area (Å²) < 4.78 is 0.826. The molecule has 1 rings (SSSR count). The van der Waals surface area contributed by atoms with Crippen LogP contribution >= 0.6 is 15.9 Å². The van der Waals surface area contributed by atoms with Crippen molar-refractivity contribution in [3.63, 3.8) is 0 Å². The van der Waals surface area contributed by atoms with E-state index in [4.69, 9.17) is 5.11 Å². The van der Waals surface area contributed by atoms with Gasteiger partial charge in [-0.05, 0) is 61.2 Å². The number of aliphatic hydroxyl groups excluding tert-OH is 1. The minimum atomic E-state index is -0.0121. The van der Waals surface area contributed by atoms with Crippen LogP contribution in [0.2, 0.25) is 0 Å². The molecule has 0 bridgehead atoms. The molecule has 2 N–H and O–H groups in total. The summed E-state index contributed by atoms with van der Waals surface area (Å²) in [6.07, 6.45) is 1.61. The lowest BCUT2D eigenvalue weighted by molar-refractivity contribution is 0.288. The van der Waals surface area contributed by atoms with Gasteiger partial charge in [0.15, 0.2) is 0 Å². The Labute approximate surface area is 105 Å². The van der Waals surface area contributed by atoms with Crippen LogP contribution in [0.25, 0.3) is 0 Å². The normalized spacial score (nSPS) is 11.6. The fourth-order valence-corrected chi connectivity index (χ4v) is 1.71. The highest BCUT2D eigenvalue weighted by Crippen LogP contribution is 2.21. The zero-order valence-corrected chi connectivity index (χ0v) is 11.6. The summed E-state index contributed by atoms with van der Waals surface area (Å²) in [5.74, 6) is 0.898. The van der Waals surface area contributed by atoms with E-state index >= 15 is 0 Å². The van der Waals surface area contributed by atoms with Crippen molar-refractivity contribution in [2.24, 2.45) is 0 Å². The first-order valence-corrected chi connectivity index (χ1v) is 6.26. The van der Waals surface area contributed by atoms with Crippen LogP contribution in [0.1, 0.15) is 32.8 Å². The maximum absolute atomic E-state index is 8.86. The monoisotopic (exact) mass is 286 g/mol. The number of anilines is 1. The molecule has 0 aromatic carbocycles. The van der Waals surface area contributed by atoms with Crippen LogP contribution in [0.4, 0.5) is 5.82 Å². The zero-order chi connectivity index (χ0) is 12.2. The van der Waals surface area contributed by atoms with Gasteiger partial charge in [0.25, 0.3) is 0 Å². The molecule has 0 saturated heterocycles. The van der Waals surface area contributed by atoms with Crippen molar-refractivity contribution in [2.45, 2.75) is 39.2 Å². The summed E-state index contributed by atoms with van der Waals surface area (Å²) in [6.45, 7) is 6.52. The lowest BCUT2D eigenvalue weighted by Crippen LogP contribution is -2.27. The Kier molecular flexibility index (Phi) is 4.74. The number of hydrogen-bond acceptors (Lipinski definition) is 3. The van der Waals surface area contributed by atoms with Gasteiger partial charge >= 0.3 is 0 Å². The third-order valence-electron chi connectivity index (χ3n) is 2.04. The smallest absolute Gasteiger partial charge is 0.130 e. The molecular weight excluding hydrogens is 268 g/mol. The Hall–Kier alpha value is -0.610. The lowest BCUT2D eigenvalue weighted by atomic mass is 10.1. The minimum Gasteiger partial charge on any atom is -0.396 e. The summed E-state index contributed by atoms with van der Waals surface area (Å²) in [6, 6.07) is 3.97. The van der Waals surface area contributed by atoms with Gasteiger partial charge in [0.1, 0.15) is 10.4 Å². The minimum absolute atomic E-state index is 0.0121. The second-order valence-electron chi connectivity index (χ2n) is 4.84. The average Bonchev–Trinajstić information content (AvgIpc) is 2.14. The maximum atomic E-state index is 8.86. The average molecular weight is 287 g/mol. The quantitative estimate of drug-likeness (QED) is 0.837. The van der Waals surface area contributed by atoms with Crippen LogP contribution in [-0.4, -0.2) is 22.2 Å². The molecular formula is C12H19BrN2O. The van der Waals surface area contributed by atoms with Crippen molar-refractivity contribution in [3.05, 3.63) is 22.3 Å². The number of nitrogens with zero attached hydrogens (tertiary/aromatic N) is 1. The number of aliphatic hydroxyl groups is 1. The van der Waals surface area contributed by atoms with E-state index in [0.29, 0.717) is 0 Å². The summed E-state index contributed by atoms with van der Waals surface area (Å²) in [7, 11) is 0. The van der Waals surface area contributed by atoms with Gasteiger partial charge in [-0.25, -0.2) is 4.98 Å². The first-order valence-electron chi connectivity index (χ1n) is 5.47. The van der Waals surface area contributed by atoms with E-state index < -0.39 is 0 Å². The fourth-order valence-electron chi connectivity index (χ4n) is 1.40. The number of pyridine rings is 1. The molecule has 0 saturated carbocycles. The predicted octanol–water partition coefficient (Wildman–Crippen LogP) is 2.98. The first kappa shape index (κ1) is 13.5. The Bertz CT molecular complexity index is 347. The molecule has 1 aromatic heterocycles. The van der Waals surface area contributed by atoms with Gasteiger partial charge in [0, 0.05) is 12.1 Å². The SMILES string of the molecule is CC(C)(C)Nc1nc(Br)ccc1CCCO. The highest BCUT2D eigenvalue weighted by molar-refractivity contribution is 9.10. The molecule has 90 valence electrons. The highest BCUT2D eigenvalue weighted by Gasteiger charge is 2.13. The highest BCUT2D eigenvalue weighted by atomic mass is 79.9. The van der Waals surface area contributed by atoms with Crippen LogP contribution < -0.4 is 5.32 Å². The lowest BCUT2D eigenvalue weighted by Gasteiger charge is -2.23. The van der Waals surface area contributed by atoms with Crippen molar-refractivity contribution >= 4 is 21.7 Å². The van der Waals surface area contributed by atoms with Crippen molar-refractivity contribution in [3.8, 4) is 0 Å². The van der Waals surface area contributed by atoms with Crippen LogP contribution in [0, 0.1) is 0 Å². The summed E-state index contributed by atoms with van der Waals surface area (Å²) in [4.78, 5) is 4.44. The van der Waals surface area contributed by atoms with E-state index in [1.807, 2.05) is 12.1 Å². The van der Waals surface area contributed by atoms with Gasteiger partial charge in [-0.1, -0.05) is 6.07 Å². The Morgan fingerprint density at radius 1 is 1.38 bits per heavy atom. The van der Waals surface area contributed by atoms with Gasteiger partial charge in [0.2, 0.25) is 0 Å². The van der Waals surface area contributed by atoms with Crippen molar-refractivity contribution in [1.82, 2.24) is 4.98 Å². The third kappa shape index (κ3) is 4.49. The van der Waals surface area contributed by atoms with Crippen LogP contribution in [0.15, 0.2) is 16.7 Å². The van der Waals surface area contributed by atoms with E-state index in [9.17, 15) is 0 Å². The van der Waals surface area contributed by atoms with Gasteiger partial charge in [0.05, 0.1) is 0 Å². The van der Waals surface area contributed by atoms with E-state index in [1.54, 1.807) is 0 Å². The van der Waals surface area contributed by atoms with Crippen LogP contribution in [-0.2, 0) is 6.42 Å². The molecule has 0 fully saturated rings. The second kappa shape index (κ2) is 5.64. The Morgan fingerprint density at radius 3 is 2.62 bits per heavy atom. The van der Waals surface area contributed by atoms with Crippen molar-refractivity contribution < 1.29 is 5.11 Å². The molecule has 0 aliphatic rings. The summed E-state index contributed by atoms with van der Waals surface area (Å²) in [5, 5.41) is 12.2. The van der Waals surface area contributed by atoms with Crippen LogP contribution in [0.3, 0.4) is 0 Å². The van der Waals surface area contributed by atoms with Crippen molar-refractivity contribution in [2.75, 3.05) is 11.9 Å². The largest absolute Gasteiger partial charge is 0.396 e. The number of rotatable bonds is 4. The van der Waals surface area contributed by atoms with E-state index in [-0.39, 0.29) is 12.1 Å². The van der Waals surface area contributed by atoms with Crippen molar-refractivity contribution in [1.29, 1.82) is 0 Å².